The van der Waals surface area contributed by atoms with Gasteiger partial charge in [0.2, 0.25) is 5.96 Å². The summed E-state index contributed by atoms with van der Waals surface area (Å²) in [5.41, 5.74) is 2.70. The molecule has 94 valence electrons. The molecule has 1 saturated carbocycles. The van der Waals surface area contributed by atoms with Gasteiger partial charge in [-0.25, -0.2) is 10.8 Å². The van der Waals surface area contributed by atoms with Crippen LogP contribution in [0.5, 0.6) is 0 Å². The zero-order valence-corrected chi connectivity index (χ0v) is 10.6. The molecule has 16 heavy (non-hydrogen) atoms. The molecule has 5 nitrogen and oxygen atoms in total. The minimum atomic E-state index is 0.129. The lowest BCUT2D eigenvalue weighted by atomic mass is 10.3. The average molecular weight is 228 g/mol. The van der Waals surface area contributed by atoms with E-state index < -0.39 is 0 Å². The van der Waals surface area contributed by atoms with E-state index in [0.29, 0.717) is 6.61 Å². The first-order valence-corrected chi connectivity index (χ1v) is 5.99. The van der Waals surface area contributed by atoms with Crippen molar-refractivity contribution in [1.82, 2.24) is 10.3 Å². The van der Waals surface area contributed by atoms with Gasteiger partial charge in [-0.2, -0.15) is 0 Å². The lowest BCUT2D eigenvalue weighted by Gasteiger charge is -2.24. The highest BCUT2D eigenvalue weighted by atomic mass is 16.5. The van der Waals surface area contributed by atoms with Crippen molar-refractivity contribution < 1.29 is 4.74 Å². The molecule has 0 aliphatic heterocycles. The highest BCUT2D eigenvalue weighted by Crippen LogP contribution is 2.29. The standard InChI is InChI=1S/C11H24N4O/c1-4-15(7-10-5-6-10)11(14-12)13-9(2)8-16-3/h9-10H,4-8,12H2,1-3H3,(H,13,14). The van der Waals surface area contributed by atoms with Gasteiger partial charge < -0.3 is 9.64 Å². The maximum absolute atomic E-state index is 5.53. The number of hydrogen-bond donors (Lipinski definition) is 2. The average Bonchev–Trinajstić information content (AvgIpc) is 3.07. The molecule has 1 rings (SSSR count). The second-order valence-electron chi connectivity index (χ2n) is 4.38. The van der Waals surface area contributed by atoms with Crippen molar-refractivity contribution in [2.75, 3.05) is 26.8 Å². The molecule has 1 fully saturated rings. The molecule has 5 heteroatoms. The molecule has 0 saturated heterocycles. The molecule has 3 N–H and O–H groups in total. The fraction of sp³-hybridized carbons (Fsp3) is 0.909. The minimum Gasteiger partial charge on any atom is -0.382 e. The molecule has 0 heterocycles. The van der Waals surface area contributed by atoms with E-state index in [0.717, 1.165) is 25.0 Å². The fourth-order valence-corrected chi connectivity index (χ4v) is 1.67. The van der Waals surface area contributed by atoms with Gasteiger partial charge >= 0.3 is 0 Å². The van der Waals surface area contributed by atoms with Gasteiger partial charge in [0, 0.05) is 20.2 Å². The monoisotopic (exact) mass is 228 g/mol. The first-order valence-electron chi connectivity index (χ1n) is 5.99. The Morgan fingerprint density at radius 3 is 2.75 bits per heavy atom. The van der Waals surface area contributed by atoms with Crippen molar-refractivity contribution in [2.45, 2.75) is 32.7 Å². The Morgan fingerprint density at radius 1 is 1.62 bits per heavy atom. The number of methoxy groups -OCH3 is 1. The highest BCUT2D eigenvalue weighted by molar-refractivity contribution is 5.79. The van der Waals surface area contributed by atoms with E-state index in [1.54, 1.807) is 7.11 Å². The van der Waals surface area contributed by atoms with E-state index in [9.17, 15) is 0 Å². The third-order valence-corrected chi connectivity index (χ3v) is 2.74. The van der Waals surface area contributed by atoms with Crippen molar-refractivity contribution in [1.29, 1.82) is 0 Å². The van der Waals surface area contributed by atoms with Crippen LogP contribution in [-0.4, -0.2) is 43.7 Å². The zero-order valence-electron chi connectivity index (χ0n) is 10.6. The van der Waals surface area contributed by atoms with Crippen LogP contribution >= 0.6 is 0 Å². The first kappa shape index (κ1) is 13.3. The predicted molar refractivity (Wildman–Crippen MR) is 66.1 cm³/mol. The molecule has 1 unspecified atom stereocenters. The van der Waals surface area contributed by atoms with E-state index in [2.05, 4.69) is 22.2 Å². The van der Waals surface area contributed by atoms with Gasteiger partial charge in [0.05, 0.1) is 12.6 Å². The van der Waals surface area contributed by atoms with Gasteiger partial charge in [0.25, 0.3) is 0 Å². The SMILES string of the molecule is CCN(CC1CC1)C(=NC(C)COC)NN. The first-order chi connectivity index (χ1) is 7.71. The molecule has 0 aromatic rings. The van der Waals surface area contributed by atoms with Crippen molar-refractivity contribution in [3.8, 4) is 0 Å². The third-order valence-electron chi connectivity index (χ3n) is 2.74. The Morgan fingerprint density at radius 2 is 2.31 bits per heavy atom. The Labute approximate surface area is 98.0 Å². The Kier molecular flexibility index (Phi) is 5.55. The molecule has 0 aromatic heterocycles. The second-order valence-corrected chi connectivity index (χ2v) is 4.38. The number of nitrogens with zero attached hydrogens (tertiary/aromatic N) is 2. The molecule has 0 aromatic carbocycles. The smallest absolute Gasteiger partial charge is 0.208 e. The van der Waals surface area contributed by atoms with Crippen molar-refractivity contribution in [2.24, 2.45) is 16.8 Å². The lowest BCUT2D eigenvalue weighted by Crippen LogP contribution is -2.46. The van der Waals surface area contributed by atoms with Crippen LogP contribution in [0.2, 0.25) is 0 Å². The van der Waals surface area contributed by atoms with E-state index in [-0.39, 0.29) is 6.04 Å². The van der Waals surface area contributed by atoms with Gasteiger partial charge in [0.1, 0.15) is 0 Å². The second kappa shape index (κ2) is 6.70. The molecular formula is C11H24N4O. The Bertz CT molecular complexity index is 228. The van der Waals surface area contributed by atoms with Crippen LogP contribution in [-0.2, 0) is 4.74 Å². The number of ether oxygens (including phenoxy) is 1. The van der Waals surface area contributed by atoms with Gasteiger partial charge in [-0.05, 0) is 32.6 Å². The van der Waals surface area contributed by atoms with Crippen LogP contribution in [0.4, 0.5) is 0 Å². The van der Waals surface area contributed by atoms with Crippen LogP contribution < -0.4 is 11.3 Å². The molecule has 1 aliphatic carbocycles. The number of hydrogen-bond acceptors (Lipinski definition) is 3. The van der Waals surface area contributed by atoms with Crippen LogP contribution in [0.1, 0.15) is 26.7 Å². The maximum Gasteiger partial charge on any atom is 0.208 e. The van der Waals surface area contributed by atoms with E-state index in [4.69, 9.17) is 10.6 Å². The number of rotatable bonds is 6. The van der Waals surface area contributed by atoms with Crippen LogP contribution in [0.15, 0.2) is 4.99 Å². The van der Waals surface area contributed by atoms with Gasteiger partial charge in [-0.3, -0.25) is 5.43 Å². The molecule has 0 amide bonds. The van der Waals surface area contributed by atoms with Crippen LogP contribution in [0.3, 0.4) is 0 Å². The quantitative estimate of drug-likeness (QED) is 0.302. The summed E-state index contributed by atoms with van der Waals surface area (Å²) in [5.74, 6) is 7.13. The molecule has 0 spiro atoms. The summed E-state index contributed by atoms with van der Waals surface area (Å²) in [6, 6.07) is 0.129. The van der Waals surface area contributed by atoms with Crippen molar-refractivity contribution in [3.05, 3.63) is 0 Å². The molecule has 0 radical (unpaired) electrons. The van der Waals surface area contributed by atoms with Crippen LogP contribution in [0, 0.1) is 5.92 Å². The number of guanidine groups is 1. The molecule has 0 bridgehead atoms. The summed E-state index contributed by atoms with van der Waals surface area (Å²) in [6.45, 7) is 6.74. The van der Waals surface area contributed by atoms with Gasteiger partial charge in [-0.1, -0.05) is 0 Å². The Hall–Kier alpha value is -0.810. The van der Waals surface area contributed by atoms with Crippen LogP contribution in [0.25, 0.3) is 0 Å². The summed E-state index contributed by atoms with van der Waals surface area (Å²) >= 11 is 0. The Balaban J connectivity index is 2.53. The van der Waals surface area contributed by atoms with E-state index >= 15 is 0 Å². The lowest BCUT2D eigenvalue weighted by molar-refractivity contribution is 0.185. The van der Waals surface area contributed by atoms with Crippen molar-refractivity contribution in [3.63, 3.8) is 0 Å². The maximum atomic E-state index is 5.53. The van der Waals surface area contributed by atoms with E-state index in [1.807, 2.05) is 6.92 Å². The number of nitrogens with one attached hydrogen (secondary N) is 1. The predicted octanol–water partition coefficient (Wildman–Crippen LogP) is 0.573. The van der Waals surface area contributed by atoms with E-state index in [1.165, 1.54) is 12.8 Å². The number of aliphatic imine (C=N–C) groups is 1. The molecule has 1 atom stereocenters. The highest BCUT2D eigenvalue weighted by Gasteiger charge is 2.25. The molecular weight excluding hydrogens is 204 g/mol. The third kappa shape index (κ3) is 4.37. The summed E-state index contributed by atoms with van der Waals surface area (Å²) < 4.78 is 5.06. The normalized spacial score (nSPS) is 18.4. The number of nitrogens with two attached hydrogens (primary N) is 1. The summed E-state index contributed by atoms with van der Waals surface area (Å²) in [4.78, 5) is 6.72. The summed E-state index contributed by atoms with van der Waals surface area (Å²) in [5, 5.41) is 0. The topological polar surface area (TPSA) is 62.9 Å². The minimum absolute atomic E-state index is 0.129. The molecule has 1 aliphatic rings. The fourth-order valence-electron chi connectivity index (χ4n) is 1.67. The van der Waals surface area contributed by atoms with Gasteiger partial charge in [-0.15, -0.1) is 0 Å². The largest absolute Gasteiger partial charge is 0.382 e. The summed E-state index contributed by atoms with van der Waals surface area (Å²) in [7, 11) is 1.68. The zero-order chi connectivity index (χ0) is 12.0. The summed E-state index contributed by atoms with van der Waals surface area (Å²) in [6.07, 6.45) is 2.67. The van der Waals surface area contributed by atoms with Crippen molar-refractivity contribution >= 4 is 5.96 Å². The number of hydrazine groups is 1. The van der Waals surface area contributed by atoms with Gasteiger partial charge in [0.15, 0.2) is 0 Å².